The number of amides is 2. The van der Waals surface area contributed by atoms with E-state index in [2.05, 4.69) is 10.6 Å². The molecule has 1 aromatic rings. The molecule has 0 atom stereocenters. The van der Waals surface area contributed by atoms with E-state index in [1.54, 1.807) is 19.1 Å². The van der Waals surface area contributed by atoms with E-state index in [1.165, 1.54) is 6.92 Å². The normalized spacial score (nSPS) is 9.53. The van der Waals surface area contributed by atoms with Gasteiger partial charge in [-0.25, -0.2) is 0 Å². The lowest BCUT2D eigenvalue weighted by Gasteiger charge is -2.12. The first-order valence-electron chi connectivity index (χ1n) is 4.32. The summed E-state index contributed by atoms with van der Waals surface area (Å²) in [6.07, 6.45) is 0.538. The summed E-state index contributed by atoms with van der Waals surface area (Å²) in [5.74, 6) is -0.200. The molecule has 1 rings (SSSR count). The fourth-order valence-corrected chi connectivity index (χ4v) is 1.54. The van der Waals surface area contributed by atoms with E-state index in [-0.39, 0.29) is 5.91 Å². The van der Waals surface area contributed by atoms with E-state index in [1.807, 2.05) is 0 Å². The van der Waals surface area contributed by atoms with Crippen molar-refractivity contribution in [1.82, 2.24) is 0 Å². The van der Waals surface area contributed by atoms with Crippen molar-refractivity contribution in [2.24, 2.45) is 0 Å². The lowest BCUT2D eigenvalue weighted by Crippen LogP contribution is -2.10. The van der Waals surface area contributed by atoms with Crippen LogP contribution in [0.15, 0.2) is 12.1 Å². The van der Waals surface area contributed by atoms with E-state index in [9.17, 15) is 9.59 Å². The molecule has 2 amide bonds. The summed E-state index contributed by atoms with van der Waals surface area (Å²) in [5, 5.41) is 5.62. The Morgan fingerprint density at radius 2 is 2.13 bits per heavy atom. The number of carbonyl (C=O) groups is 2. The molecule has 5 heteroatoms. The number of aryl methyl sites for hydroxylation is 1. The molecule has 0 heterocycles. The van der Waals surface area contributed by atoms with Crippen LogP contribution in [0, 0.1) is 6.92 Å². The molecule has 0 spiro atoms. The van der Waals surface area contributed by atoms with Crippen LogP contribution in [-0.2, 0) is 9.59 Å². The average molecular weight is 227 g/mol. The Balaban J connectivity index is 3.19. The molecule has 80 valence electrons. The maximum absolute atomic E-state index is 10.9. The molecule has 0 aromatic heterocycles. The first kappa shape index (κ1) is 11.5. The quantitative estimate of drug-likeness (QED) is 0.777. The fourth-order valence-electron chi connectivity index (χ4n) is 1.26. The van der Waals surface area contributed by atoms with Gasteiger partial charge in [0.05, 0.1) is 11.4 Å². The summed E-state index contributed by atoms with van der Waals surface area (Å²) < 4.78 is 0. The lowest BCUT2D eigenvalue weighted by atomic mass is 10.1. The van der Waals surface area contributed by atoms with Crippen LogP contribution in [0.3, 0.4) is 0 Å². The zero-order chi connectivity index (χ0) is 11.4. The third-order valence-electron chi connectivity index (χ3n) is 1.82. The summed E-state index contributed by atoms with van der Waals surface area (Å²) in [6.45, 7) is 3.20. The van der Waals surface area contributed by atoms with Crippen molar-refractivity contribution in [3.05, 3.63) is 22.7 Å². The zero-order valence-electron chi connectivity index (χ0n) is 8.43. The Morgan fingerprint density at radius 3 is 2.67 bits per heavy atom. The van der Waals surface area contributed by atoms with Gasteiger partial charge in [0.1, 0.15) is 0 Å². The van der Waals surface area contributed by atoms with Crippen molar-refractivity contribution in [2.45, 2.75) is 13.8 Å². The number of benzene rings is 1. The molecule has 0 fully saturated rings. The van der Waals surface area contributed by atoms with Gasteiger partial charge >= 0.3 is 0 Å². The minimum Gasteiger partial charge on any atom is -0.327 e. The highest BCUT2D eigenvalue weighted by Crippen LogP contribution is 2.29. The standard InChI is InChI=1S/C10H11ClN2O2/c1-6-3-8(11)4-9(12-5-14)10(6)13-7(2)15/h3-5H,1-2H3,(H,12,14)(H,13,15). The number of anilines is 2. The molecule has 4 nitrogen and oxygen atoms in total. The van der Waals surface area contributed by atoms with Crippen LogP contribution in [0.1, 0.15) is 12.5 Å². The molecule has 15 heavy (non-hydrogen) atoms. The van der Waals surface area contributed by atoms with Gasteiger partial charge in [-0.3, -0.25) is 9.59 Å². The van der Waals surface area contributed by atoms with Gasteiger partial charge in [0.25, 0.3) is 0 Å². The van der Waals surface area contributed by atoms with Crippen molar-refractivity contribution in [2.75, 3.05) is 10.6 Å². The van der Waals surface area contributed by atoms with Gasteiger partial charge in [-0.15, -0.1) is 0 Å². The van der Waals surface area contributed by atoms with Crippen molar-refractivity contribution in [1.29, 1.82) is 0 Å². The Kier molecular flexibility index (Phi) is 3.68. The smallest absolute Gasteiger partial charge is 0.221 e. The van der Waals surface area contributed by atoms with Gasteiger partial charge in [0.2, 0.25) is 12.3 Å². The first-order chi connectivity index (χ1) is 7.04. The Labute approximate surface area is 92.6 Å². The number of hydrogen-bond acceptors (Lipinski definition) is 2. The van der Waals surface area contributed by atoms with Gasteiger partial charge in [0, 0.05) is 11.9 Å². The van der Waals surface area contributed by atoms with Gasteiger partial charge in [-0.1, -0.05) is 11.6 Å². The number of halogens is 1. The summed E-state index contributed by atoms with van der Waals surface area (Å²) in [6, 6.07) is 3.29. The zero-order valence-corrected chi connectivity index (χ0v) is 9.18. The number of hydrogen-bond donors (Lipinski definition) is 2. The van der Waals surface area contributed by atoms with Gasteiger partial charge in [-0.05, 0) is 24.6 Å². The summed E-state index contributed by atoms with van der Waals surface area (Å²) in [7, 11) is 0. The summed E-state index contributed by atoms with van der Waals surface area (Å²) in [4.78, 5) is 21.3. The van der Waals surface area contributed by atoms with E-state index >= 15 is 0 Å². The molecular formula is C10H11ClN2O2. The second-order valence-electron chi connectivity index (χ2n) is 3.09. The molecule has 0 saturated carbocycles. The van der Waals surface area contributed by atoms with E-state index < -0.39 is 0 Å². The van der Waals surface area contributed by atoms with Crippen LogP contribution < -0.4 is 10.6 Å². The Morgan fingerprint density at radius 1 is 1.47 bits per heavy atom. The Bertz CT molecular complexity index is 405. The SMILES string of the molecule is CC(=O)Nc1c(C)cc(Cl)cc1NC=O. The lowest BCUT2D eigenvalue weighted by molar-refractivity contribution is -0.114. The Hall–Kier alpha value is -1.55. The fraction of sp³-hybridized carbons (Fsp3) is 0.200. The maximum Gasteiger partial charge on any atom is 0.221 e. The first-order valence-corrected chi connectivity index (χ1v) is 4.70. The van der Waals surface area contributed by atoms with Crippen LogP contribution in [0.25, 0.3) is 0 Å². The number of carbonyl (C=O) groups excluding carboxylic acids is 2. The van der Waals surface area contributed by atoms with Gasteiger partial charge < -0.3 is 10.6 Å². The highest BCUT2D eigenvalue weighted by molar-refractivity contribution is 6.31. The van der Waals surface area contributed by atoms with Crippen LogP contribution in [0.2, 0.25) is 5.02 Å². The molecule has 1 aromatic carbocycles. The summed E-state index contributed by atoms with van der Waals surface area (Å²) >= 11 is 5.83. The van der Waals surface area contributed by atoms with E-state index in [4.69, 9.17) is 11.6 Å². The van der Waals surface area contributed by atoms with Crippen LogP contribution in [0.4, 0.5) is 11.4 Å². The van der Waals surface area contributed by atoms with Gasteiger partial charge in [0.15, 0.2) is 0 Å². The molecule has 0 unspecified atom stereocenters. The number of nitrogens with one attached hydrogen (secondary N) is 2. The minimum absolute atomic E-state index is 0.200. The minimum atomic E-state index is -0.200. The molecule has 0 aliphatic heterocycles. The monoisotopic (exact) mass is 226 g/mol. The molecule has 0 aliphatic rings. The predicted molar refractivity (Wildman–Crippen MR) is 60.2 cm³/mol. The van der Waals surface area contributed by atoms with Crippen LogP contribution >= 0.6 is 11.6 Å². The highest BCUT2D eigenvalue weighted by atomic mass is 35.5. The summed E-state index contributed by atoms with van der Waals surface area (Å²) in [5.41, 5.74) is 1.85. The topological polar surface area (TPSA) is 58.2 Å². The molecule has 0 saturated heterocycles. The third-order valence-corrected chi connectivity index (χ3v) is 2.03. The maximum atomic E-state index is 10.9. The average Bonchev–Trinajstić information content (AvgIpc) is 2.11. The molecule has 0 radical (unpaired) electrons. The molecule has 2 N–H and O–H groups in total. The molecule has 0 aliphatic carbocycles. The van der Waals surface area contributed by atoms with Crippen molar-refractivity contribution < 1.29 is 9.59 Å². The number of rotatable bonds is 3. The van der Waals surface area contributed by atoms with E-state index in [0.29, 0.717) is 22.8 Å². The van der Waals surface area contributed by atoms with Crippen LogP contribution in [0.5, 0.6) is 0 Å². The third kappa shape index (κ3) is 2.95. The molecule has 0 bridgehead atoms. The van der Waals surface area contributed by atoms with E-state index in [0.717, 1.165) is 5.56 Å². The molecular weight excluding hydrogens is 216 g/mol. The van der Waals surface area contributed by atoms with Crippen molar-refractivity contribution in [3.63, 3.8) is 0 Å². The second-order valence-corrected chi connectivity index (χ2v) is 3.53. The largest absolute Gasteiger partial charge is 0.327 e. The van der Waals surface area contributed by atoms with Crippen molar-refractivity contribution >= 4 is 35.3 Å². The highest BCUT2D eigenvalue weighted by Gasteiger charge is 2.08. The van der Waals surface area contributed by atoms with Gasteiger partial charge in [-0.2, -0.15) is 0 Å². The predicted octanol–water partition coefficient (Wildman–Crippen LogP) is 2.18. The van der Waals surface area contributed by atoms with Crippen LogP contribution in [-0.4, -0.2) is 12.3 Å². The second kappa shape index (κ2) is 4.79. The van der Waals surface area contributed by atoms with Crippen molar-refractivity contribution in [3.8, 4) is 0 Å².